The number of amides is 1. The Kier molecular flexibility index (Phi) is 6.23. The number of esters is 1. The number of carbonyl (C=O) groups is 2. The maximum absolute atomic E-state index is 12.3. The first kappa shape index (κ1) is 19.8. The lowest BCUT2D eigenvalue weighted by Crippen LogP contribution is -2.22. The number of ether oxygens (including phenoxy) is 1. The Balaban J connectivity index is 1.65. The van der Waals surface area contributed by atoms with Gasteiger partial charge in [-0.15, -0.1) is 11.3 Å². The van der Waals surface area contributed by atoms with Crippen LogP contribution in [0.5, 0.6) is 0 Å². The molecular formula is C19H16ClN3O4S. The molecular weight excluding hydrogens is 402 g/mol. The smallest absolute Gasteiger partial charge is 0.339 e. The van der Waals surface area contributed by atoms with Crippen LogP contribution in [0.25, 0.3) is 0 Å². The minimum Gasteiger partial charge on any atom is -0.465 e. The third-order valence-electron chi connectivity index (χ3n) is 3.78. The second-order valence-corrected chi connectivity index (χ2v) is 7.27. The lowest BCUT2D eigenvalue weighted by Gasteiger charge is -2.05. The standard InChI is InChI=1S/C19H16ClN3O4S/c1-27-19(26)12-7-15(18(25)21-9-12)23-16(24)8-14-10-28-17(22-14)6-11-3-2-4-13(20)5-11/h2-5,7,9-10H,6,8H2,1H3,(H,21,25)(H,23,24). The van der Waals surface area contributed by atoms with E-state index in [1.165, 1.54) is 30.7 Å². The van der Waals surface area contributed by atoms with Crippen molar-refractivity contribution < 1.29 is 14.3 Å². The van der Waals surface area contributed by atoms with E-state index in [4.69, 9.17) is 11.6 Å². The molecule has 2 heterocycles. The van der Waals surface area contributed by atoms with Crippen molar-refractivity contribution in [3.05, 3.63) is 79.1 Å². The summed E-state index contributed by atoms with van der Waals surface area (Å²) in [6, 6.07) is 8.78. The van der Waals surface area contributed by atoms with Crippen molar-refractivity contribution in [1.29, 1.82) is 0 Å². The monoisotopic (exact) mass is 417 g/mol. The summed E-state index contributed by atoms with van der Waals surface area (Å²) in [5, 5.41) is 5.82. The predicted molar refractivity (Wildman–Crippen MR) is 107 cm³/mol. The fourth-order valence-corrected chi connectivity index (χ4v) is 3.55. The van der Waals surface area contributed by atoms with E-state index in [0.29, 0.717) is 17.1 Å². The first-order chi connectivity index (χ1) is 13.4. The van der Waals surface area contributed by atoms with Gasteiger partial charge in [0, 0.05) is 23.0 Å². The third-order valence-corrected chi connectivity index (χ3v) is 4.92. The van der Waals surface area contributed by atoms with E-state index >= 15 is 0 Å². The SMILES string of the molecule is COC(=O)c1c[nH]c(=O)c(NC(=O)Cc2csc(Cc3cccc(Cl)c3)n2)c1. The highest BCUT2D eigenvalue weighted by Crippen LogP contribution is 2.18. The van der Waals surface area contributed by atoms with Crippen LogP contribution in [0.2, 0.25) is 5.02 Å². The zero-order valence-corrected chi connectivity index (χ0v) is 16.4. The van der Waals surface area contributed by atoms with Crippen molar-refractivity contribution in [3.8, 4) is 0 Å². The third kappa shape index (κ3) is 5.05. The van der Waals surface area contributed by atoms with Crippen LogP contribution in [0.15, 0.2) is 46.7 Å². The van der Waals surface area contributed by atoms with Crippen molar-refractivity contribution in [1.82, 2.24) is 9.97 Å². The zero-order chi connectivity index (χ0) is 20.1. The van der Waals surface area contributed by atoms with Crippen molar-refractivity contribution >= 4 is 40.5 Å². The number of carbonyl (C=O) groups excluding carboxylic acids is 2. The van der Waals surface area contributed by atoms with Crippen LogP contribution >= 0.6 is 22.9 Å². The molecule has 0 bridgehead atoms. The highest BCUT2D eigenvalue weighted by molar-refractivity contribution is 7.09. The molecule has 0 saturated heterocycles. The van der Waals surface area contributed by atoms with Crippen LogP contribution in [0, 0.1) is 0 Å². The molecule has 9 heteroatoms. The molecule has 0 aliphatic heterocycles. The second kappa shape index (κ2) is 8.81. The molecule has 1 amide bonds. The summed E-state index contributed by atoms with van der Waals surface area (Å²) in [7, 11) is 1.23. The topological polar surface area (TPSA) is 101 Å². The van der Waals surface area contributed by atoms with E-state index in [0.717, 1.165) is 10.6 Å². The van der Waals surface area contributed by atoms with Crippen molar-refractivity contribution in [2.45, 2.75) is 12.8 Å². The normalized spacial score (nSPS) is 10.5. The molecule has 7 nitrogen and oxygen atoms in total. The van der Waals surface area contributed by atoms with Crippen LogP contribution in [0.3, 0.4) is 0 Å². The number of benzene rings is 1. The number of pyridine rings is 1. The molecule has 0 unspecified atom stereocenters. The molecule has 0 spiro atoms. The molecule has 28 heavy (non-hydrogen) atoms. The fourth-order valence-electron chi connectivity index (χ4n) is 2.50. The molecule has 2 aromatic heterocycles. The molecule has 0 saturated carbocycles. The minimum absolute atomic E-state index is 0.00787. The number of aromatic nitrogens is 2. The Morgan fingerprint density at radius 2 is 2.14 bits per heavy atom. The van der Waals surface area contributed by atoms with E-state index in [-0.39, 0.29) is 17.7 Å². The lowest BCUT2D eigenvalue weighted by atomic mass is 10.2. The number of nitrogens with one attached hydrogen (secondary N) is 2. The first-order valence-electron chi connectivity index (χ1n) is 8.23. The lowest BCUT2D eigenvalue weighted by molar-refractivity contribution is -0.115. The average molecular weight is 418 g/mol. The largest absolute Gasteiger partial charge is 0.465 e. The molecule has 0 atom stereocenters. The van der Waals surface area contributed by atoms with Crippen LogP contribution in [0.4, 0.5) is 5.69 Å². The number of methoxy groups -OCH3 is 1. The van der Waals surface area contributed by atoms with Gasteiger partial charge in [-0.1, -0.05) is 23.7 Å². The molecule has 0 aliphatic rings. The summed E-state index contributed by atoms with van der Waals surface area (Å²) in [5.41, 5.74) is 1.22. The van der Waals surface area contributed by atoms with E-state index in [1.54, 1.807) is 11.4 Å². The summed E-state index contributed by atoms with van der Waals surface area (Å²) < 4.78 is 4.60. The Bertz CT molecular complexity index is 1080. The maximum atomic E-state index is 12.3. The molecule has 3 aromatic rings. The zero-order valence-electron chi connectivity index (χ0n) is 14.8. The predicted octanol–water partition coefficient (Wildman–Crippen LogP) is 3.04. The Labute approximate surface area is 169 Å². The molecule has 2 N–H and O–H groups in total. The van der Waals surface area contributed by atoms with Gasteiger partial charge in [-0.3, -0.25) is 9.59 Å². The second-order valence-electron chi connectivity index (χ2n) is 5.89. The van der Waals surface area contributed by atoms with E-state index in [1.807, 2.05) is 18.2 Å². The fraction of sp³-hybridized carbons (Fsp3) is 0.158. The number of hydrogen-bond donors (Lipinski definition) is 2. The first-order valence-corrected chi connectivity index (χ1v) is 9.49. The van der Waals surface area contributed by atoms with Gasteiger partial charge in [0.25, 0.3) is 5.56 Å². The molecule has 1 aromatic carbocycles. The number of H-pyrrole nitrogens is 1. The summed E-state index contributed by atoms with van der Waals surface area (Å²) >= 11 is 7.44. The van der Waals surface area contributed by atoms with Crippen LogP contribution in [-0.4, -0.2) is 29.0 Å². The number of rotatable bonds is 6. The summed E-state index contributed by atoms with van der Waals surface area (Å²) in [4.78, 5) is 42.5. The number of thiazole rings is 1. The van der Waals surface area contributed by atoms with E-state index in [2.05, 4.69) is 20.0 Å². The minimum atomic E-state index is -0.614. The van der Waals surface area contributed by atoms with Gasteiger partial charge in [0.1, 0.15) is 5.69 Å². The van der Waals surface area contributed by atoms with Crippen LogP contribution in [0.1, 0.15) is 26.6 Å². The maximum Gasteiger partial charge on any atom is 0.339 e. The van der Waals surface area contributed by atoms with Crippen molar-refractivity contribution in [2.24, 2.45) is 0 Å². The number of anilines is 1. The van der Waals surface area contributed by atoms with Gasteiger partial charge in [0.2, 0.25) is 5.91 Å². The number of aromatic amines is 1. The molecule has 144 valence electrons. The van der Waals surface area contributed by atoms with Gasteiger partial charge >= 0.3 is 5.97 Å². The summed E-state index contributed by atoms with van der Waals surface area (Å²) in [6.45, 7) is 0. The number of halogens is 1. The Morgan fingerprint density at radius 3 is 2.89 bits per heavy atom. The van der Waals surface area contributed by atoms with Gasteiger partial charge in [-0.2, -0.15) is 0 Å². The Hall–Kier alpha value is -2.97. The van der Waals surface area contributed by atoms with Crippen molar-refractivity contribution in [3.63, 3.8) is 0 Å². The molecule has 0 aliphatic carbocycles. The highest BCUT2D eigenvalue weighted by Gasteiger charge is 2.13. The summed E-state index contributed by atoms with van der Waals surface area (Å²) in [5.74, 6) is -1.02. The highest BCUT2D eigenvalue weighted by atomic mass is 35.5. The van der Waals surface area contributed by atoms with Gasteiger partial charge in [0.05, 0.1) is 29.8 Å². The van der Waals surface area contributed by atoms with Gasteiger partial charge in [0.15, 0.2) is 0 Å². The van der Waals surface area contributed by atoms with Gasteiger partial charge < -0.3 is 15.0 Å². The van der Waals surface area contributed by atoms with E-state index < -0.39 is 17.4 Å². The Morgan fingerprint density at radius 1 is 1.32 bits per heavy atom. The average Bonchev–Trinajstić information content (AvgIpc) is 3.09. The molecule has 3 rings (SSSR count). The van der Waals surface area contributed by atoms with Crippen molar-refractivity contribution in [2.75, 3.05) is 12.4 Å². The van der Waals surface area contributed by atoms with Gasteiger partial charge in [-0.05, 0) is 23.8 Å². The van der Waals surface area contributed by atoms with Crippen LogP contribution < -0.4 is 10.9 Å². The quantitative estimate of drug-likeness (QED) is 0.600. The summed E-state index contributed by atoms with van der Waals surface area (Å²) in [6.07, 6.45) is 1.86. The van der Waals surface area contributed by atoms with Gasteiger partial charge in [-0.25, -0.2) is 9.78 Å². The molecule has 0 fully saturated rings. The number of nitrogens with zero attached hydrogens (tertiary/aromatic N) is 1. The molecule has 0 radical (unpaired) electrons. The van der Waals surface area contributed by atoms with Crippen LogP contribution in [-0.2, 0) is 22.4 Å². The van der Waals surface area contributed by atoms with E-state index in [9.17, 15) is 14.4 Å². The number of hydrogen-bond acceptors (Lipinski definition) is 6.